The second kappa shape index (κ2) is 8.42. The Balaban J connectivity index is 1.30. The predicted octanol–water partition coefficient (Wildman–Crippen LogP) is 8.02. The number of para-hydroxylation sites is 3. The van der Waals surface area contributed by atoms with Gasteiger partial charge in [-0.15, -0.1) is 0 Å². The van der Waals surface area contributed by atoms with Crippen LogP contribution in [-0.2, 0) is 0 Å². The molecule has 0 amide bonds. The third kappa shape index (κ3) is 3.08. The van der Waals surface area contributed by atoms with E-state index in [4.69, 9.17) is 4.42 Å². The summed E-state index contributed by atoms with van der Waals surface area (Å²) in [4.78, 5) is 5.16. The minimum Gasteiger partial charge on any atom is -0.456 e. The summed E-state index contributed by atoms with van der Waals surface area (Å²) in [6.07, 6.45) is 0. The van der Waals surface area contributed by atoms with Crippen LogP contribution < -0.4 is 21.3 Å². The quantitative estimate of drug-likeness (QED) is 0.212. The van der Waals surface area contributed by atoms with Gasteiger partial charge in [0.15, 0.2) is 0 Å². The zero-order valence-electron chi connectivity index (χ0n) is 21.5. The van der Waals surface area contributed by atoms with E-state index in [1.807, 2.05) is 23.9 Å². The Kier molecular flexibility index (Phi) is 4.67. The maximum atomic E-state index is 6.14. The Bertz CT molecular complexity index is 2130. The molecule has 0 spiro atoms. The van der Waals surface area contributed by atoms with Crippen LogP contribution in [0.25, 0.3) is 33.1 Å². The van der Waals surface area contributed by atoms with Gasteiger partial charge in [0.25, 0.3) is 0 Å². The molecule has 0 radical (unpaired) electrons. The third-order valence-corrected chi connectivity index (χ3v) is 9.51. The van der Waals surface area contributed by atoms with Crippen LogP contribution in [-0.4, -0.2) is 6.71 Å². The highest BCUT2D eigenvalue weighted by molar-refractivity contribution is 8.00. The van der Waals surface area contributed by atoms with Crippen LogP contribution in [0, 0.1) is 0 Å². The maximum Gasteiger partial charge on any atom is 0.249 e. The van der Waals surface area contributed by atoms with Gasteiger partial charge in [-0.3, -0.25) is 0 Å². The highest BCUT2D eigenvalue weighted by Gasteiger charge is 2.40. The molecular weight excluding hydrogens is 505 g/mol. The van der Waals surface area contributed by atoms with E-state index in [2.05, 4.69) is 126 Å². The van der Waals surface area contributed by atoms with Gasteiger partial charge in [0, 0.05) is 37.5 Å². The lowest BCUT2D eigenvalue weighted by molar-refractivity contribution is 0.669. The molecule has 2 nitrogen and oxygen atoms in total. The van der Waals surface area contributed by atoms with Crippen LogP contribution in [0.2, 0.25) is 0 Å². The van der Waals surface area contributed by atoms with Crippen LogP contribution in [0.15, 0.2) is 148 Å². The monoisotopic (exact) mass is 527 g/mol. The van der Waals surface area contributed by atoms with E-state index in [-0.39, 0.29) is 6.71 Å². The molecular formula is C36H22BNOS. The van der Waals surface area contributed by atoms with Gasteiger partial charge >= 0.3 is 0 Å². The van der Waals surface area contributed by atoms with Gasteiger partial charge in [-0.25, -0.2) is 0 Å². The number of rotatable bonds is 2. The minimum atomic E-state index is 0.219. The normalized spacial score (nSPS) is 13.3. The van der Waals surface area contributed by atoms with Gasteiger partial charge in [0.2, 0.25) is 6.71 Å². The molecule has 0 fully saturated rings. The van der Waals surface area contributed by atoms with Crippen LogP contribution in [0.4, 0.5) is 17.1 Å². The number of fused-ring (bicyclic) bond motifs is 7. The van der Waals surface area contributed by atoms with Crippen molar-refractivity contribution >= 4 is 73.9 Å². The fraction of sp³-hybridized carbons (Fsp3) is 0. The van der Waals surface area contributed by atoms with E-state index in [9.17, 15) is 0 Å². The first-order valence-corrected chi connectivity index (χ1v) is 14.5. The second-order valence-electron chi connectivity index (χ2n) is 10.5. The van der Waals surface area contributed by atoms with Crippen LogP contribution >= 0.6 is 11.8 Å². The lowest BCUT2D eigenvalue weighted by Gasteiger charge is -2.40. The van der Waals surface area contributed by atoms with Crippen LogP contribution in [0.1, 0.15) is 0 Å². The van der Waals surface area contributed by atoms with Crippen LogP contribution in [0.5, 0.6) is 0 Å². The van der Waals surface area contributed by atoms with Gasteiger partial charge < -0.3 is 9.32 Å². The lowest BCUT2D eigenvalue weighted by Crippen LogP contribution is -2.59. The van der Waals surface area contributed by atoms with Gasteiger partial charge in [-0.1, -0.05) is 102 Å². The topological polar surface area (TPSA) is 16.4 Å². The van der Waals surface area contributed by atoms with E-state index in [1.54, 1.807) is 0 Å². The van der Waals surface area contributed by atoms with Crippen molar-refractivity contribution in [3.05, 3.63) is 133 Å². The summed E-state index contributed by atoms with van der Waals surface area (Å²) >= 11 is 1.89. The third-order valence-electron chi connectivity index (χ3n) is 8.34. The number of furan rings is 1. The van der Waals surface area contributed by atoms with E-state index < -0.39 is 0 Å². The van der Waals surface area contributed by atoms with Crippen molar-refractivity contribution in [1.29, 1.82) is 0 Å². The molecule has 9 rings (SSSR count). The Morgan fingerprint density at radius 1 is 0.525 bits per heavy atom. The van der Waals surface area contributed by atoms with Crippen LogP contribution in [0.3, 0.4) is 0 Å². The van der Waals surface area contributed by atoms with E-state index in [0.29, 0.717) is 0 Å². The smallest absolute Gasteiger partial charge is 0.249 e. The first-order chi connectivity index (χ1) is 19.8. The number of benzene rings is 6. The van der Waals surface area contributed by atoms with Crippen molar-refractivity contribution in [1.82, 2.24) is 0 Å². The lowest BCUT2D eigenvalue weighted by atomic mass is 9.35. The summed E-state index contributed by atoms with van der Waals surface area (Å²) < 4.78 is 6.14. The largest absolute Gasteiger partial charge is 0.456 e. The first kappa shape index (κ1) is 22.2. The average Bonchev–Trinajstić information content (AvgIpc) is 3.39. The predicted molar refractivity (Wildman–Crippen MR) is 169 cm³/mol. The molecule has 1 aromatic heterocycles. The van der Waals surface area contributed by atoms with Crippen molar-refractivity contribution < 1.29 is 4.42 Å². The molecule has 3 heterocycles. The van der Waals surface area contributed by atoms with Gasteiger partial charge in [-0.05, 0) is 65.0 Å². The Labute approximate surface area is 237 Å². The fourth-order valence-electron chi connectivity index (χ4n) is 6.65. The van der Waals surface area contributed by atoms with Gasteiger partial charge in [-0.2, -0.15) is 0 Å². The summed E-state index contributed by atoms with van der Waals surface area (Å²) in [5, 5.41) is 2.29. The highest BCUT2D eigenvalue weighted by atomic mass is 32.2. The Morgan fingerprint density at radius 2 is 1.23 bits per heavy atom. The van der Waals surface area contributed by atoms with Gasteiger partial charge in [0.05, 0.1) is 5.69 Å². The fourth-order valence-corrected chi connectivity index (χ4v) is 7.81. The number of anilines is 3. The molecule has 0 unspecified atom stereocenters. The molecule has 0 atom stereocenters. The number of nitrogens with zero attached hydrogens (tertiary/aromatic N) is 1. The van der Waals surface area contributed by atoms with Gasteiger partial charge in [0.1, 0.15) is 11.2 Å². The molecule has 0 bridgehead atoms. The zero-order chi connectivity index (χ0) is 26.2. The molecule has 0 aliphatic carbocycles. The summed E-state index contributed by atoms with van der Waals surface area (Å²) in [5.74, 6) is 0. The zero-order valence-corrected chi connectivity index (χ0v) is 22.4. The molecule has 7 aromatic rings. The molecule has 186 valence electrons. The molecule has 40 heavy (non-hydrogen) atoms. The van der Waals surface area contributed by atoms with E-state index in [0.717, 1.165) is 21.9 Å². The average molecular weight is 527 g/mol. The number of hydrogen-bond acceptors (Lipinski definition) is 3. The summed E-state index contributed by atoms with van der Waals surface area (Å²) in [5.41, 5.74) is 12.0. The SMILES string of the molecule is c1ccc2c(c1)Sc1cccc3c1B2c1ccccc1N3c1ccccc1-c1ccc2oc3ccccc3c2c1. The summed E-state index contributed by atoms with van der Waals surface area (Å²) in [6.45, 7) is 0.219. The first-order valence-electron chi connectivity index (χ1n) is 13.6. The number of hydrogen-bond donors (Lipinski definition) is 0. The molecule has 2 aliphatic rings. The minimum absolute atomic E-state index is 0.219. The maximum absolute atomic E-state index is 6.14. The van der Waals surface area contributed by atoms with E-state index >= 15 is 0 Å². The standard InChI is InChI=1S/C36H22BNOS/c1-5-14-29(24(10-1)23-20-21-33-26(22-23)25-11-2-7-17-32(25)39-33)38-30-15-6-3-12-27(30)37-28-13-4-8-18-34(28)40-35-19-9-16-31(38)36(35)37/h1-22H. The molecule has 0 N–H and O–H groups in total. The molecule has 4 heteroatoms. The van der Waals surface area contributed by atoms with Crippen molar-refractivity contribution in [3.63, 3.8) is 0 Å². The van der Waals surface area contributed by atoms with E-state index in [1.165, 1.54) is 54.4 Å². The Morgan fingerprint density at radius 3 is 2.17 bits per heavy atom. The molecule has 2 aliphatic heterocycles. The second-order valence-corrected chi connectivity index (χ2v) is 11.6. The van der Waals surface area contributed by atoms with Crippen molar-refractivity contribution in [2.75, 3.05) is 4.90 Å². The molecule has 0 saturated heterocycles. The molecule has 6 aromatic carbocycles. The summed E-state index contributed by atoms with van der Waals surface area (Å²) in [6, 6.07) is 48.3. The van der Waals surface area contributed by atoms with Crippen molar-refractivity contribution in [3.8, 4) is 11.1 Å². The summed E-state index contributed by atoms with van der Waals surface area (Å²) in [7, 11) is 0. The molecule has 0 saturated carbocycles. The van der Waals surface area contributed by atoms with Crippen molar-refractivity contribution in [2.24, 2.45) is 0 Å². The van der Waals surface area contributed by atoms with Crippen molar-refractivity contribution in [2.45, 2.75) is 9.79 Å². The Hall–Kier alpha value is -4.67. The highest BCUT2D eigenvalue weighted by Crippen LogP contribution is 2.45.